The van der Waals surface area contributed by atoms with E-state index in [0.29, 0.717) is 29.1 Å². The fourth-order valence-electron chi connectivity index (χ4n) is 3.66. The fraction of sp³-hybridized carbons (Fsp3) is 0.455. The molecule has 1 fully saturated rings. The van der Waals surface area contributed by atoms with E-state index >= 15 is 0 Å². The maximum absolute atomic E-state index is 12.5. The van der Waals surface area contributed by atoms with Gasteiger partial charge >= 0.3 is 0 Å². The van der Waals surface area contributed by atoms with Gasteiger partial charge in [0.15, 0.2) is 17.4 Å². The van der Waals surface area contributed by atoms with Gasteiger partial charge in [0.1, 0.15) is 11.6 Å². The number of nitrogens with one attached hydrogen (secondary N) is 2. The SMILES string of the molecule is Cc1cc(C)n(-c2cc(NC(=O)CNCC3CCOCC3)nc(-c3ccc(C)o3)n2)n1. The van der Waals surface area contributed by atoms with Crippen molar-refractivity contribution in [2.75, 3.05) is 31.6 Å². The lowest BCUT2D eigenvalue weighted by Gasteiger charge is -2.22. The Morgan fingerprint density at radius 1 is 1.16 bits per heavy atom. The summed E-state index contributed by atoms with van der Waals surface area (Å²) in [5, 5.41) is 10.6. The first-order valence-electron chi connectivity index (χ1n) is 10.6. The zero-order valence-corrected chi connectivity index (χ0v) is 18.1. The van der Waals surface area contributed by atoms with Crippen LogP contribution in [0.25, 0.3) is 17.4 Å². The second kappa shape index (κ2) is 9.40. The smallest absolute Gasteiger partial charge is 0.239 e. The van der Waals surface area contributed by atoms with Gasteiger partial charge in [-0.15, -0.1) is 0 Å². The fourth-order valence-corrected chi connectivity index (χ4v) is 3.66. The van der Waals surface area contributed by atoms with Crippen LogP contribution in [0.2, 0.25) is 0 Å². The van der Waals surface area contributed by atoms with Crippen molar-refractivity contribution in [2.45, 2.75) is 33.6 Å². The van der Waals surface area contributed by atoms with Crippen molar-refractivity contribution >= 4 is 11.7 Å². The van der Waals surface area contributed by atoms with Crippen molar-refractivity contribution in [3.05, 3.63) is 41.4 Å². The molecule has 164 valence electrons. The number of hydrogen-bond acceptors (Lipinski definition) is 7. The van der Waals surface area contributed by atoms with Crippen molar-refractivity contribution in [3.63, 3.8) is 0 Å². The zero-order valence-electron chi connectivity index (χ0n) is 18.1. The highest BCUT2D eigenvalue weighted by molar-refractivity contribution is 5.91. The van der Waals surface area contributed by atoms with E-state index in [0.717, 1.165) is 49.7 Å². The van der Waals surface area contributed by atoms with Crippen LogP contribution in [0.15, 0.2) is 28.7 Å². The molecule has 0 spiro atoms. The van der Waals surface area contributed by atoms with Gasteiger partial charge in [-0.2, -0.15) is 5.10 Å². The topological polar surface area (TPSA) is 107 Å². The van der Waals surface area contributed by atoms with Gasteiger partial charge in [-0.1, -0.05) is 0 Å². The van der Waals surface area contributed by atoms with Crippen LogP contribution in [0.5, 0.6) is 0 Å². The molecule has 4 rings (SSSR count). The molecular weight excluding hydrogens is 396 g/mol. The standard InChI is InChI=1S/C22H28N6O3/c1-14-10-15(2)28(27-14)20-11-19(25-22(26-20)18-5-4-16(3)31-18)24-21(29)13-23-12-17-6-8-30-9-7-17/h4-5,10-11,17,23H,6-9,12-13H2,1-3H3,(H,24,25,26,29). The minimum absolute atomic E-state index is 0.161. The summed E-state index contributed by atoms with van der Waals surface area (Å²) in [5.74, 6) is 3.05. The lowest BCUT2D eigenvalue weighted by atomic mass is 10.0. The first kappa shape index (κ1) is 21.2. The average Bonchev–Trinajstić information content (AvgIpc) is 3.33. The van der Waals surface area contributed by atoms with E-state index in [1.807, 2.05) is 39.0 Å². The molecule has 0 aromatic carbocycles. The number of hydrogen-bond donors (Lipinski definition) is 2. The third-order valence-electron chi connectivity index (χ3n) is 5.23. The van der Waals surface area contributed by atoms with Crippen LogP contribution in [-0.2, 0) is 9.53 Å². The Hall–Kier alpha value is -3.04. The molecule has 2 N–H and O–H groups in total. The Balaban J connectivity index is 1.51. The molecule has 0 aliphatic carbocycles. The van der Waals surface area contributed by atoms with Crippen molar-refractivity contribution in [2.24, 2.45) is 5.92 Å². The molecule has 0 saturated carbocycles. The molecule has 1 amide bonds. The second-order valence-electron chi connectivity index (χ2n) is 7.92. The highest BCUT2D eigenvalue weighted by Crippen LogP contribution is 2.22. The minimum atomic E-state index is -0.161. The normalized spacial score (nSPS) is 14.7. The van der Waals surface area contributed by atoms with Crippen molar-refractivity contribution in [3.8, 4) is 17.4 Å². The Morgan fingerprint density at radius 3 is 2.65 bits per heavy atom. The molecule has 0 atom stereocenters. The minimum Gasteiger partial charge on any atom is -0.458 e. The lowest BCUT2D eigenvalue weighted by Crippen LogP contribution is -2.34. The van der Waals surface area contributed by atoms with Crippen molar-refractivity contribution in [1.29, 1.82) is 0 Å². The van der Waals surface area contributed by atoms with Crippen molar-refractivity contribution < 1.29 is 13.9 Å². The number of aromatic nitrogens is 4. The summed E-state index contributed by atoms with van der Waals surface area (Å²) in [6.45, 7) is 8.35. The summed E-state index contributed by atoms with van der Waals surface area (Å²) < 4.78 is 12.8. The lowest BCUT2D eigenvalue weighted by molar-refractivity contribution is -0.115. The first-order valence-corrected chi connectivity index (χ1v) is 10.6. The zero-order chi connectivity index (χ0) is 21.8. The molecule has 0 unspecified atom stereocenters. The van der Waals surface area contributed by atoms with E-state index in [4.69, 9.17) is 9.15 Å². The van der Waals surface area contributed by atoms with Crippen LogP contribution in [0.3, 0.4) is 0 Å². The number of aryl methyl sites for hydroxylation is 3. The molecule has 9 nitrogen and oxygen atoms in total. The third kappa shape index (κ3) is 5.36. The molecule has 31 heavy (non-hydrogen) atoms. The van der Waals surface area contributed by atoms with E-state index in [2.05, 4.69) is 25.7 Å². The van der Waals surface area contributed by atoms with Gasteiger partial charge in [-0.3, -0.25) is 4.79 Å². The summed E-state index contributed by atoms with van der Waals surface area (Å²) in [7, 11) is 0. The molecule has 0 radical (unpaired) electrons. The van der Waals surface area contributed by atoms with E-state index < -0.39 is 0 Å². The molecule has 1 aliphatic rings. The van der Waals surface area contributed by atoms with Gasteiger partial charge in [0, 0.05) is 25.0 Å². The van der Waals surface area contributed by atoms with E-state index in [-0.39, 0.29) is 12.5 Å². The van der Waals surface area contributed by atoms with Crippen molar-refractivity contribution in [1.82, 2.24) is 25.1 Å². The predicted octanol–water partition coefficient (Wildman–Crippen LogP) is 2.80. The number of amides is 1. The summed E-state index contributed by atoms with van der Waals surface area (Å²) >= 11 is 0. The number of nitrogens with zero attached hydrogens (tertiary/aromatic N) is 4. The summed E-state index contributed by atoms with van der Waals surface area (Å²) in [5.41, 5.74) is 1.82. The van der Waals surface area contributed by atoms with Crippen LogP contribution in [-0.4, -0.2) is 52.0 Å². The summed E-state index contributed by atoms with van der Waals surface area (Å²) in [6.07, 6.45) is 2.05. The first-order chi connectivity index (χ1) is 15.0. The number of rotatable bonds is 7. The molecule has 4 heterocycles. The average molecular weight is 425 g/mol. The van der Waals surface area contributed by atoms with E-state index in [1.165, 1.54) is 0 Å². The highest BCUT2D eigenvalue weighted by Gasteiger charge is 2.16. The summed E-state index contributed by atoms with van der Waals surface area (Å²) in [6, 6.07) is 7.36. The quantitative estimate of drug-likeness (QED) is 0.600. The molecule has 3 aromatic heterocycles. The second-order valence-corrected chi connectivity index (χ2v) is 7.92. The monoisotopic (exact) mass is 424 g/mol. The maximum Gasteiger partial charge on any atom is 0.239 e. The van der Waals surface area contributed by atoms with E-state index in [1.54, 1.807) is 10.7 Å². The van der Waals surface area contributed by atoms with Gasteiger partial charge in [0.05, 0.1) is 12.2 Å². The molecule has 1 aliphatic heterocycles. The van der Waals surface area contributed by atoms with Crippen LogP contribution >= 0.6 is 0 Å². The highest BCUT2D eigenvalue weighted by atomic mass is 16.5. The number of carbonyl (C=O) groups is 1. The Morgan fingerprint density at radius 2 is 1.97 bits per heavy atom. The van der Waals surface area contributed by atoms with Crippen LogP contribution in [0, 0.1) is 26.7 Å². The van der Waals surface area contributed by atoms with Gasteiger partial charge in [0.2, 0.25) is 5.91 Å². The largest absolute Gasteiger partial charge is 0.458 e. The maximum atomic E-state index is 12.5. The summed E-state index contributed by atoms with van der Waals surface area (Å²) in [4.78, 5) is 21.6. The number of anilines is 1. The molecule has 9 heteroatoms. The van der Waals surface area contributed by atoms with Gasteiger partial charge in [-0.05, 0) is 64.3 Å². The molecule has 0 bridgehead atoms. The predicted molar refractivity (Wildman–Crippen MR) is 116 cm³/mol. The molecule has 3 aromatic rings. The van der Waals surface area contributed by atoms with Crippen LogP contribution in [0.1, 0.15) is 30.0 Å². The van der Waals surface area contributed by atoms with Gasteiger partial charge < -0.3 is 19.8 Å². The van der Waals surface area contributed by atoms with Gasteiger partial charge in [-0.25, -0.2) is 14.6 Å². The van der Waals surface area contributed by atoms with Crippen LogP contribution in [0.4, 0.5) is 5.82 Å². The Bertz CT molecular complexity index is 1050. The third-order valence-corrected chi connectivity index (χ3v) is 5.23. The van der Waals surface area contributed by atoms with E-state index in [9.17, 15) is 4.79 Å². The number of furan rings is 1. The number of ether oxygens (including phenoxy) is 1. The molecule has 1 saturated heterocycles. The molecular formula is C22H28N6O3. The van der Waals surface area contributed by atoms with Gasteiger partial charge in [0.25, 0.3) is 0 Å². The number of carbonyl (C=O) groups excluding carboxylic acids is 1. The van der Waals surface area contributed by atoms with Crippen LogP contribution < -0.4 is 10.6 Å². The Kier molecular flexibility index (Phi) is 6.43. The Labute approximate surface area is 181 Å².